The van der Waals surface area contributed by atoms with E-state index >= 15 is 0 Å². The Kier molecular flexibility index (Phi) is 5.56. The van der Waals surface area contributed by atoms with Crippen LogP contribution in [0.3, 0.4) is 0 Å². The summed E-state index contributed by atoms with van der Waals surface area (Å²) in [6.07, 6.45) is 0.918. The molecule has 2 atom stereocenters. The minimum Gasteiger partial charge on any atom is -0.496 e. The lowest BCUT2D eigenvalue weighted by atomic mass is 9.89. The topological polar surface area (TPSA) is 66.8 Å². The molecule has 0 aliphatic carbocycles. The maximum absolute atomic E-state index is 12.7. The Morgan fingerprint density at radius 3 is 2.46 bits per heavy atom. The highest BCUT2D eigenvalue weighted by atomic mass is 16.5. The van der Waals surface area contributed by atoms with Crippen LogP contribution in [0, 0.1) is 5.92 Å². The van der Waals surface area contributed by atoms with Crippen LogP contribution < -0.4 is 4.74 Å². The molecule has 1 aliphatic rings. The summed E-state index contributed by atoms with van der Waals surface area (Å²) in [7, 11) is 1.61. The number of rotatable bonds is 6. The van der Waals surface area contributed by atoms with E-state index in [1.54, 1.807) is 12.0 Å². The SMILES string of the molecule is COc1ccccc1CCC(=O)N1C[C@H](C(=O)O)[C@H](c2ccccc2)C1. The van der Waals surface area contributed by atoms with Crippen molar-refractivity contribution in [2.45, 2.75) is 18.8 Å². The maximum Gasteiger partial charge on any atom is 0.308 e. The molecule has 5 heteroatoms. The Hall–Kier alpha value is -2.82. The molecule has 1 aliphatic heterocycles. The fraction of sp³-hybridized carbons (Fsp3) is 0.333. The van der Waals surface area contributed by atoms with Gasteiger partial charge in [0.25, 0.3) is 0 Å². The summed E-state index contributed by atoms with van der Waals surface area (Å²) in [6.45, 7) is 0.714. The van der Waals surface area contributed by atoms with Crippen LogP contribution in [0.25, 0.3) is 0 Å². The molecule has 0 radical (unpaired) electrons. The molecule has 1 amide bonds. The number of carbonyl (C=O) groups is 2. The number of methoxy groups -OCH3 is 1. The molecular formula is C21H23NO4. The van der Waals surface area contributed by atoms with Gasteiger partial charge in [0.1, 0.15) is 5.75 Å². The van der Waals surface area contributed by atoms with Gasteiger partial charge in [-0.2, -0.15) is 0 Å². The number of para-hydroxylation sites is 1. The second-order valence-electron chi connectivity index (χ2n) is 6.57. The van der Waals surface area contributed by atoms with Crippen molar-refractivity contribution in [1.29, 1.82) is 0 Å². The Bertz CT molecular complexity index is 775. The van der Waals surface area contributed by atoms with Crippen molar-refractivity contribution in [2.24, 2.45) is 5.92 Å². The molecule has 3 rings (SSSR count). The number of carboxylic acids is 1. The van der Waals surface area contributed by atoms with Crippen molar-refractivity contribution in [3.05, 3.63) is 65.7 Å². The molecule has 26 heavy (non-hydrogen) atoms. The number of likely N-dealkylation sites (tertiary alicyclic amines) is 1. The van der Waals surface area contributed by atoms with Crippen LogP contribution in [0.15, 0.2) is 54.6 Å². The summed E-state index contributed by atoms with van der Waals surface area (Å²) in [5.74, 6) is -0.816. The number of aliphatic carboxylic acids is 1. The molecule has 2 aromatic rings. The molecule has 1 saturated heterocycles. The van der Waals surface area contributed by atoms with Gasteiger partial charge < -0.3 is 14.7 Å². The molecule has 2 aromatic carbocycles. The average molecular weight is 353 g/mol. The Morgan fingerprint density at radius 1 is 1.08 bits per heavy atom. The first-order valence-corrected chi connectivity index (χ1v) is 8.77. The summed E-state index contributed by atoms with van der Waals surface area (Å²) in [6, 6.07) is 17.2. The lowest BCUT2D eigenvalue weighted by Crippen LogP contribution is -2.30. The largest absolute Gasteiger partial charge is 0.496 e. The minimum atomic E-state index is -0.848. The lowest BCUT2D eigenvalue weighted by Gasteiger charge is -2.17. The van der Waals surface area contributed by atoms with Crippen LogP contribution >= 0.6 is 0 Å². The van der Waals surface area contributed by atoms with E-state index in [1.807, 2.05) is 54.6 Å². The molecule has 0 unspecified atom stereocenters. The standard InChI is InChI=1S/C21H23NO4/c1-26-19-10-6-5-9-16(19)11-12-20(23)22-13-17(18(14-22)21(24)25)15-7-3-2-4-8-15/h2-10,17-18H,11-14H2,1H3,(H,24,25)/t17-,18-/m0/s1. The molecule has 0 aromatic heterocycles. The van der Waals surface area contributed by atoms with Gasteiger partial charge in [0.15, 0.2) is 0 Å². The number of hydrogen-bond donors (Lipinski definition) is 1. The number of hydrogen-bond acceptors (Lipinski definition) is 3. The van der Waals surface area contributed by atoms with E-state index < -0.39 is 11.9 Å². The van der Waals surface area contributed by atoms with Gasteiger partial charge >= 0.3 is 5.97 Å². The number of ether oxygens (including phenoxy) is 1. The van der Waals surface area contributed by atoms with Gasteiger partial charge in [-0.3, -0.25) is 9.59 Å². The maximum atomic E-state index is 12.7. The van der Waals surface area contributed by atoms with Crippen LogP contribution in [-0.4, -0.2) is 42.1 Å². The second kappa shape index (κ2) is 8.04. The van der Waals surface area contributed by atoms with E-state index in [1.165, 1.54) is 0 Å². The van der Waals surface area contributed by atoms with Gasteiger partial charge in [0, 0.05) is 25.4 Å². The van der Waals surface area contributed by atoms with Crippen LogP contribution in [-0.2, 0) is 16.0 Å². The van der Waals surface area contributed by atoms with Gasteiger partial charge in [-0.25, -0.2) is 0 Å². The van der Waals surface area contributed by atoms with E-state index in [2.05, 4.69) is 0 Å². The van der Waals surface area contributed by atoms with Gasteiger partial charge in [0.05, 0.1) is 13.0 Å². The molecule has 0 spiro atoms. The van der Waals surface area contributed by atoms with Crippen LogP contribution in [0.5, 0.6) is 5.75 Å². The Balaban J connectivity index is 1.67. The number of benzene rings is 2. The van der Waals surface area contributed by atoms with Crippen LogP contribution in [0.2, 0.25) is 0 Å². The zero-order chi connectivity index (χ0) is 18.5. The molecule has 136 valence electrons. The molecule has 1 heterocycles. The summed E-state index contributed by atoms with van der Waals surface area (Å²) < 4.78 is 5.32. The lowest BCUT2D eigenvalue weighted by molar-refractivity contribution is -0.141. The fourth-order valence-electron chi connectivity index (χ4n) is 3.60. The number of carbonyl (C=O) groups excluding carboxylic acids is 1. The molecule has 1 N–H and O–H groups in total. The zero-order valence-corrected chi connectivity index (χ0v) is 14.8. The summed E-state index contributed by atoms with van der Waals surface area (Å²) >= 11 is 0. The van der Waals surface area contributed by atoms with E-state index in [9.17, 15) is 14.7 Å². The van der Waals surface area contributed by atoms with E-state index in [4.69, 9.17) is 4.74 Å². The predicted octanol–water partition coefficient (Wildman–Crippen LogP) is 2.95. The third-order valence-electron chi connectivity index (χ3n) is 5.02. The first kappa shape index (κ1) is 18.0. The smallest absolute Gasteiger partial charge is 0.308 e. The summed E-state index contributed by atoms with van der Waals surface area (Å²) in [4.78, 5) is 26.0. The van der Waals surface area contributed by atoms with Crippen molar-refractivity contribution in [3.8, 4) is 5.75 Å². The quantitative estimate of drug-likeness (QED) is 0.867. The van der Waals surface area contributed by atoms with Crippen molar-refractivity contribution in [1.82, 2.24) is 4.90 Å². The van der Waals surface area contributed by atoms with Gasteiger partial charge in [0.2, 0.25) is 5.91 Å². The summed E-state index contributed by atoms with van der Waals surface area (Å²) in [5.41, 5.74) is 1.96. The van der Waals surface area contributed by atoms with Gasteiger partial charge in [-0.15, -0.1) is 0 Å². The third-order valence-corrected chi connectivity index (χ3v) is 5.02. The van der Waals surface area contributed by atoms with Crippen LogP contribution in [0.1, 0.15) is 23.5 Å². The molecule has 0 bridgehead atoms. The highest BCUT2D eigenvalue weighted by Gasteiger charge is 2.40. The minimum absolute atomic E-state index is 0.0133. The normalized spacial score (nSPS) is 19.3. The van der Waals surface area contributed by atoms with E-state index in [-0.39, 0.29) is 18.4 Å². The second-order valence-corrected chi connectivity index (χ2v) is 6.57. The number of aryl methyl sites for hydroxylation is 1. The van der Waals surface area contributed by atoms with Gasteiger partial charge in [-0.05, 0) is 23.6 Å². The predicted molar refractivity (Wildman–Crippen MR) is 98.2 cm³/mol. The first-order chi connectivity index (χ1) is 12.6. The zero-order valence-electron chi connectivity index (χ0n) is 14.8. The highest BCUT2D eigenvalue weighted by Crippen LogP contribution is 2.33. The van der Waals surface area contributed by atoms with Crippen molar-refractivity contribution in [3.63, 3.8) is 0 Å². The summed E-state index contributed by atoms with van der Waals surface area (Å²) in [5, 5.41) is 9.57. The molecular weight excluding hydrogens is 330 g/mol. The average Bonchev–Trinajstić information content (AvgIpc) is 3.13. The van der Waals surface area contributed by atoms with Gasteiger partial charge in [-0.1, -0.05) is 48.5 Å². The highest BCUT2D eigenvalue weighted by molar-refractivity contribution is 5.80. The van der Waals surface area contributed by atoms with Crippen molar-refractivity contribution in [2.75, 3.05) is 20.2 Å². The monoisotopic (exact) mass is 353 g/mol. The van der Waals surface area contributed by atoms with E-state index in [0.717, 1.165) is 16.9 Å². The fourth-order valence-corrected chi connectivity index (χ4v) is 3.60. The molecule has 5 nitrogen and oxygen atoms in total. The third kappa shape index (κ3) is 3.87. The first-order valence-electron chi connectivity index (χ1n) is 8.77. The van der Waals surface area contributed by atoms with E-state index in [0.29, 0.717) is 19.4 Å². The number of carboxylic acid groups (broad SMARTS) is 1. The molecule has 0 saturated carbocycles. The van der Waals surface area contributed by atoms with Crippen molar-refractivity contribution < 1.29 is 19.4 Å². The Morgan fingerprint density at radius 2 is 1.77 bits per heavy atom. The number of amides is 1. The van der Waals surface area contributed by atoms with Crippen LogP contribution in [0.4, 0.5) is 0 Å². The van der Waals surface area contributed by atoms with Crippen molar-refractivity contribution >= 4 is 11.9 Å². The molecule has 1 fully saturated rings. The Labute approximate surface area is 153 Å². The number of nitrogens with zero attached hydrogens (tertiary/aromatic N) is 1.